The zero-order chi connectivity index (χ0) is 32.4. The minimum absolute atomic E-state index is 0. The summed E-state index contributed by atoms with van der Waals surface area (Å²) < 4.78 is 16.0. The number of aliphatic hydroxyl groups is 1. The van der Waals surface area contributed by atoms with Crippen LogP contribution in [0.2, 0.25) is 0 Å². The van der Waals surface area contributed by atoms with Gasteiger partial charge >= 0.3 is 0 Å². The van der Waals surface area contributed by atoms with Gasteiger partial charge in [-0.2, -0.15) is 0 Å². The summed E-state index contributed by atoms with van der Waals surface area (Å²) >= 11 is 1.61. The van der Waals surface area contributed by atoms with Gasteiger partial charge in [-0.25, -0.2) is 13.2 Å². The number of carbonyl (C=O) groups excluding carboxylic acids is 1. The van der Waals surface area contributed by atoms with Gasteiger partial charge in [0, 0.05) is 54.3 Å². The molecular formula is C37H45FIrN3O2S-. The number of hydrogen-bond donors (Lipinski definition) is 1. The zero-order valence-electron chi connectivity index (χ0n) is 27.8. The molecule has 1 N–H and O–H groups in total. The summed E-state index contributed by atoms with van der Waals surface area (Å²) in [5, 5.41) is 13.9. The molecule has 2 aromatic carbocycles. The van der Waals surface area contributed by atoms with Crippen molar-refractivity contribution < 1.29 is 34.4 Å². The van der Waals surface area contributed by atoms with Gasteiger partial charge in [-0.05, 0) is 43.2 Å². The van der Waals surface area contributed by atoms with E-state index in [9.17, 15) is 14.3 Å². The van der Waals surface area contributed by atoms with E-state index in [0.717, 1.165) is 70.0 Å². The Kier molecular flexibility index (Phi) is 11.6. The molecular weight excluding hydrogens is 762 g/mol. The fraction of sp³-hybridized carbons (Fsp3) is 0.432. The second kappa shape index (κ2) is 14.2. The Balaban J connectivity index is 0.000000270. The molecule has 5 nitrogen and oxygen atoms in total. The number of allylic oxidation sites excluding steroid dienone is 2. The predicted octanol–water partition coefficient (Wildman–Crippen LogP) is 10.6. The fourth-order valence-electron chi connectivity index (χ4n) is 5.25. The van der Waals surface area contributed by atoms with Crippen molar-refractivity contribution in [3.63, 3.8) is 0 Å². The Bertz CT molecular complexity index is 1820. The van der Waals surface area contributed by atoms with E-state index >= 15 is 0 Å². The molecule has 1 radical (unpaired) electrons. The van der Waals surface area contributed by atoms with E-state index in [4.69, 9.17) is 4.98 Å². The van der Waals surface area contributed by atoms with Gasteiger partial charge in [0.1, 0.15) is 17.2 Å². The quantitative estimate of drug-likeness (QED) is 0.0963. The molecule has 0 saturated carbocycles. The topological polar surface area (TPSA) is 67.5 Å². The first-order valence-corrected chi connectivity index (χ1v) is 16.4. The number of hydrogen-bond acceptors (Lipinski definition) is 5. The second-order valence-corrected chi connectivity index (χ2v) is 14.0. The Morgan fingerprint density at radius 1 is 0.978 bits per heavy atom. The molecule has 0 aliphatic rings. The third kappa shape index (κ3) is 7.40. The van der Waals surface area contributed by atoms with Crippen molar-refractivity contribution >= 4 is 44.8 Å². The van der Waals surface area contributed by atoms with Gasteiger partial charge in [-0.1, -0.05) is 96.9 Å². The Labute approximate surface area is 284 Å². The number of rotatable bonds is 8. The summed E-state index contributed by atoms with van der Waals surface area (Å²) in [6.45, 7) is 18.5. The van der Waals surface area contributed by atoms with E-state index in [1.54, 1.807) is 23.7 Å². The van der Waals surface area contributed by atoms with Crippen molar-refractivity contribution in [3.05, 3.63) is 77.3 Å². The van der Waals surface area contributed by atoms with Crippen LogP contribution in [-0.2, 0) is 30.3 Å². The van der Waals surface area contributed by atoms with Crippen LogP contribution in [0.5, 0.6) is 0 Å². The number of aliphatic hydroxyl groups excluding tert-OH is 1. The average Bonchev–Trinajstić information content (AvgIpc) is 3.61. The molecule has 0 amide bonds. The van der Waals surface area contributed by atoms with Gasteiger partial charge in [-0.3, -0.25) is 9.78 Å². The summed E-state index contributed by atoms with van der Waals surface area (Å²) in [5.74, 6) is 0.0532. The maximum atomic E-state index is 13.9. The molecule has 5 aromatic rings. The molecule has 3 aromatic heterocycles. The predicted molar refractivity (Wildman–Crippen MR) is 182 cm³/mol. The number of fused-ring (bicyclic) bond motifs is 4. The molecule has 8 heteroatoms. The molecule has 0 aliphatic carbocycles. The summed E-state index contributed by atoms with van der Waals surface area (Å²) in [6.07, 6.45) is 6.56. The van der Waals surface area contributed by atoms with E-state index in [0.29, 0.717) is 0 Å². The monoisotopic (exact) mass is 807 g/mol. The van der Waals surface area contributed by atoms with E-state index < -0.39 is 0 Å². The zero-order valence-corrected chi connectivity index (χ0v) is 31.1. The molecule has 0 saturated heterocycles. The molecule has 0 unspecified atom stereocenters. The summed E-state index contributed by atoms with van der Waals surface area (Å²) in [6, 6.07) is 14.4. The van der Waals surface area contributed by atoms with Gasteiger partial charge in [-0.15, -0.1) is 29.1 Å². The average molecular weight is 807 g/mol. The summed E-state index contributed by atoms with van der Waals surface area (Å²) in [5.41, 5.74) is 4.84. The Morgan fingerprint density at radius 3 is 2.22 bits per heavy atom. The standard InChI is InChI=1S/C22H17FN3S.C15H28O2.Ir/c1-22(2,3)17-11-14(10-13-4-5-15(23)12-16(13)17)20-21-18(6-8-24-20)26-19(25-21)7-9-27-26;1-7-14(5,8-2)12(16)11-13(17)15(6,9-3)10-4;/h4-9,11-12H,1-3H3;11,16H,7-10H2,1-6H3;/q-1;;/b;12-11-;. The first kappa shape index (κ1) is 36.5. The van der Waals surface area contributed by atoms with Gasteiger partial charge in [0.15, 0.2) is 5.78 Å². The van der Waals surface area contributed by atoms with Crippen LogP contribution in [0.1, 0.15) is 93.6 Å². The Morgan fingerprint density at radius 2 is 1.62 bits per heavy atom. The number of carbonyl (C=O) groups is 1. The van der Waals surface area contributed by atoms with Crippen molar-refractivity contribution in [2.45, 2.75) is 93.4 Å². The van der Waals surface area contributed by atoms with Gasteiger partial charge < -0.3 is 5.11 Å². The molecule has 0 fully saturated rings. The molecule has 5 rings (SSSR count). The molecule has 3 heterocycles. The maximum Gasteiger partial charge on any atom is 0.164 e. The number of ketones is 1. The largest absolute Gasteiger partial charge is 0.512 e. The van der Waals surface area contributed by atoms with Crippen LogP contribution in [0.25, 0.3) is 38.7 Å². The molecule has 45 heavy (non-hydrogen) atoms. The van der Waals surface area contributed by atoms with Crippen LogP contribution < -0.4 is 0 Å². The van der Waals surface area contributed by atoms with E-state index in [1.165, 1.54) is 12.1 Å². The van der Waals surface area contributed by atoms with Gasteiger partial charge in [0.25, 0.3) is 0 Å². The van der Waals surface area contributed by atoms with Crippen LogP contribution in [0.4, 0.5) is 4.39 Å². The number of benzene rings is 2. The third-order valence-electron chi connectivity index (χ3n) is 9.43. The van der Waals surface area contributed by atoms with E-state index in [1.807, 2.05) is 65.3 Å². The molecule has 0 bridgehead atoms. The summed E-state index contributed by atoms with van der Waals surface area (Å²) in [4.78, 5) is 21.6. The Hall–Kier alpha value is -2.93. The number of pyridine rings is 1. The minimum atomic E-state index is -0.337. The van der Waals surface area contributed by atoms with Crippen LogP contribution in [-0.4, -0.2) is 24.6 Å². The van der Waals surface area contributed by atoms with Crippen molar-refractivity contribution in [3.8, 4) is 11.3 Å². The molecule has 243 valence electrons. The number of nitrogens with zero attached hydrogens (tertiary/aromatic N) is 3. The van der Waals surface area contributed by atoms with Gasteiger partial charge in [0.2, 0.25) is 0 Å². The van der Waals surface area contributed by atoms with E-state index in [2.05, 4.69) is 41.7 Å². The fourth-order valence-corrected chi connectivity index (χ4v) is 6.02. The maximum absolute atomic E-state index is 13.9. The molecule has 0 spiro atoms. The number of halogens is 1. The van der Waals surface area contributed by atoms with Crippen LogP contribution >= 0.6 is 11.5 Å². The normalized spacial score (nSPS) is 12.7. The van der Waals surface area contributed by atoms with Crippen LogP contribution in [0.3, 0.4) is 0 Å². The smallest absolute Gasteiger partial charge is 0.164 e. The van der Waals surface area contributed by atoms with Crippen molar-refractivity contribution in [2.75, 3.05) is 0 Å². The van der Waals surface area contributed by atoms with Crippen LogP contribution in [0.15, 0.2) is 59.8 Å². The minimum Gasteiger partial charge on any atom is -0.512 e. The van der Waals surface area contributed by atoms with Gasteiger partial charge in [0.05, 0.1) is 11.0 Å². The SMILES string of the molecule is CC(C)(C)c1cc(-c2nccc3c2nc2ccsn23)[c-]c2ccc(F)cc12.CCC(C)(CC)C(=O)/C=C(\O)C(C)(CC)CC.[Ir]. The van der Waals surface area contributed by atoms with Crippen molar-refractivity contribution in [1.82, 2.24) is 13.8 Å². The van der Waals surface area contributed by atoms with Crippen LogP contribution in [0, 0.1) is 22.7 Å². The number of imidazole rings is 1. The summed E-state index contributed by atoms with van der Waals surface area (Å²) in [7, 11) is 0. The first-order valence-electron chi connectivity index (χ1n) is 15.5. The van der Waals surface area contributed by atoms with Crippen molar-refractivity contribution in [1.29, 1.82) is 0 Å². The first-order chi connectivity index (χ1) is 20.7. The second-order valence-electron chi connectivity index (χ2n) is 13.2. The third-order valence-corrected chi connectivity index (χ3v) is 10.3. The van der Waals surface area contributed by atoms with Crippen molar-refractivity contribution in [2.24, 2.45) is 10.8 Å². The molecule has 0 atom stereocenters. The van der Waals surface area contributed by atoms with E-state index in [-0.39, 0.29) is 53.7 Å². The number of aromatic nitrogens is 3. The molecule has 0 aliphatic heterocycles.